The summed E-state index contributed by atoms with van der Waals surface area (Å²) in [4.78, 5) is 27.5. The number of nitrogens with zero attached hydrogens (tertiary/aromatic N) is 1. The first-order valence-electron chi connectivity index (χ1n) is 9.23. The van der Waals surface area contributed by atoms with Gasteiger partial charge >= 0.3 is 12.4 Å². The predicted octanol–water partition coefficient (Wildman–Crippen LogP) is 5.74. The summed E-state index contributed by atoms with van der Waals surface area (Å²) in [6.45, 7) is 1.73. The highest BCUT2D eigenvalue weighted by molar-refractivity contribution is 7.14. The van der Waals surface area contributed by atoms with Gasteiger partial charge in [-0.1, -0.05) is 24.3 Å². The number of thiazole rings is 1. The SMILES string of the molecule is CC(=O)NCc1ccc(-c2csc(NC(=O)c3cc(C(F)(F)F)cc(C(F)(F)F)c3)n2)cc1. The Labute approximate surface area is 187 Å². The zero-order valence-electron chi connectivity index (χ0n) is 16.8. The lowest BCUT2D eigenvalue weighted by molar-refractivity contribution is -0.143. The molecule has 0 saturated carbocycles. The van der Waals surface area contributed by atoms with E-state index in [9.17, 15) is 35.9 Å². The average molecular weight is 487 g/mol. The van der Waals surface area contributed by atoms with Crippen molar-refractivity contribution in [3.8, 4) is 11.3 Å². The van der Waals surface area contributed by atoms with Crippen LogP contribution in [0.1, 0.15) is 34.0 Å². The van der Waals surface area contributed by atoms with Crippen molar-refractivity contribution in [2.75, 3.05) is 5.32 Å². The van der Waals surface area contributed by atoms with Crippen LogP contribution in [0.25, 0.3) is 11.3 Å². The smallest absolute Gasteiger partial charge is 0.352 e. The van der Waals surface area contributed by atoms with Gasteiger partial charge in [-0.25, -0.2) is 4.98 Å². The number of amides is 2. The number of carbonyl (C=O) groups is 2. The van der Waals surface area contributed by atoms with Gasteiger partial charge in [-0.3, -0.25) is 14.9 Å². The number of rotatable bonds is 5. The zero-order chi connectivity index (χ0) is 24.4. The van der Waals surface area contributed by atoms with E-state index in [0.717, 1.165) is 16.9 Å². The summed E-state index contributed by atoms with van der Waals surface area (Å²) in [6.07, 6.45) is -10.1. The van der Waals surface area contributed by atoms with Crippen molar-refractivity contribution in [2.45, 2.75) is 25.8 Å². The first kappa shape index (κ1) is 24.2. The minimum atomic E-state index is -5.06. The predicted molar refractivity (Wildman–Crippen MR) is 109 cm³/mol. The van der Waals surface area contributed by atoms with Crippen LogP contribution in [0.4, 0.5) is 31.5 Å². The Kier molecular flexibility index (Phi) is 6.77. The molecule has 0 spiro atoms. The molecule has 33 heavy (non-hydrogen) atoms. The van der Waals surface area contributed by atoms with Gasteiger partial charge in [0.2, 0.25) is 5.91 Å². The molecular formula is C21H15F6N3O2S. The molecule has 2 amide bonds. The minimum Gasteiger partial charge on any atom is -0.352 e. The summed E-state index contributed by atoms with van der Waals surface area (Å²) in [5.74, 6) is -1.33. The van der Waals surface area contributed by atoms with Crippen LogP contribution in [0.2, 0.25) is 0 Å². The summed E-state index contributed by atoms with van der Waals surface area (Å²) < 4.78 is 78.0. The molecule has 12 heteroatoms. The maximum atomic E-state index is 13.0. The van der Waals surface area contributed by atoms with Crippen LogP contribution in [0, 0.1) is 0 Å². The van der Waals surface area contributed by atoms with Crippen molar-refractivity contribution in [1.29, 1.82) is 0 Å². The number of hydrogen-bond acceptors (Lipinski definition) is 4. The van der Waals surface area contributed by atoms with E-state index >= 15 is 0 Å². The van der Waals surface area contributed by atoms with Crippen LogP contribution in [-0.4, -0.2) is 16.8 Å². The normalized spacial score (nSPS) is 11.8. The summed E-state index contributed by atoms with van der Waals surface area (Å²) >= 11 is 0.961. The molecule has 0 unspecified atom stereocenters. The molecule has 0 aliphatic rings. The number of aromatic nitrogens is 1. The lowest BCUT2D eigenvalue weighted by Gasteiger charge is -2.13. The van der Waals surface area contributed by atoms with Gasteiger partial charge in [0.1, 0.15) is 0 Å². The van der Waals surface area contributed by atoms with Gasteiger partial charge in [0, 0.05) is 30.0 Å². The summed E-state index contributed by atoms with van der Waals surface area (Å²) in [7, 11) is 0. The standard InChI is InChI=1S/C21H15F6N3O2S/c1-11(31)28-9-12-2-4-13(5-3-12)17-10-33-19(29-17)30-18(32)14-6-15(20(22,23)24)8-16(7-14)21(25,26)27/h2-8,10H,9H2,1H3,(H,28,31)(H,29,30,32). The fraction of sp³-hybridized carbons (Fsp3) is 0.190. The van der Waals surface area contributed by atoms with E-state index in [1.807, 2.05) is 0 Å². The van der Waals surface area contributed by atoms with E-state index in [1.54, 1.807) is 29.6 Å². The second-order valence-electron chi connectivity index (χ2n) is 6.89. The number of alkyl halides is 6. The van der Waals surface area contributed by atoms with Crippen LogP contribution >= 0.6 is 11.3 Å². The van der Waals surface area contributed by atoms with Crippen LogP contribution in [-0.2, 0) is 23.7 Å². The quantitative estimate of drug-likeness (QED) is 0.451. The van der Waals surface area contributed by atoms with Gasteiger partial charge in [-0.2, -0.15) is 26.3 Å². The van der Waals surface area contributed by atoms with Crippen molar-refractivity contribution in [1.82, 2.24) is 10.3 Å². The lowest BCUT2D eigenvalue weighted by Crippen LogP contribution is -2.18. The topological polar surface area (TPSA) is 71.1 Å². The summed E-state index contributed by atoms with van der Waals surface area (Å²) in [5, 5.41) is 6.46. The van der Waals surface area contributed by atoms with Crippen molar-refractivity contribution in [3.63, 3.8) is 0 Å². The van der Waals surface area contributed by atoms with E-state index in [-0.39, 0.29) is 17.1 Å². The molecule has 0 saturated heterocycles. The Morgan fingerprint density at radius 2 is 1.52 bits per heavy atom. The largest absolute Gasteiger partial charge is 0.416 e. The maximum Gasteiger partial charge on any atom is 0.416 e. The van der Waals surface area contributed by atoms with Crippen LogP contribution in [0.15, 0.2) is 47.8 Å². The molecule has 0 fully saturated rings. The third kappa shape index (κ3) is 6.31. The molecule has 0 radical (unpaired) electrons. The van der Waals surface area contributed by atoms with Gasteiger partial charge in [0.25, 0.3) is 5.91 Å². The molecule has 2 N–H and O–H groups in total. The molecule has 0 bridgehead atoms. The Hall–Kier alpha value is -3.41. The van der Waals surface area contributed by atoms with E-state index in [1.165, 1.54) is 6.92 Å². The first-order valence-corrected chi connectivity index (χ1v) is 10.1. The second kappa shape index (κ2) is 9.22. The molecule has 1 aromatic heterocycles. The minimum absolute atomic E-state index is 0.00305. The van der Waals surface area contributed by atoms with E-state index in [2.05, 4.69) is 15.6 Å². The van der Waals surface area contributed by atoms with Crippen LogP contribution in [0.3, 0.4) is 0 Å². The average Bonchev–Trinajstić information content (AvgIpc) is 3.19. The lowest BCUT2D eigenvalue weighted by atomic mass is 10.0. The highest BCUT2D eigenvalue weighted by Crippen LogP contribution is 2.36. The van der Waals surface area contributed by atoms with E-state index in [4.69, 9.17) is 0 Å². The van der Waals surface area contributed by atoms with Gasteiger partial charge in [0.15, 0.2) is 5.13 Å². The third-order valence-corrected chi connectivity index (χ3v) is 5.12. The summed E-state index contributed by atoms with van der Waals surface area (Å²) in [6, 6.07) is 7.61. The summed E-state index contributed by atoms with van der Waals surface area (Å²) in [5.41, 5.74) is -2.01. The molecule has 1 heterocycles. The Bertz CT molecular complexity index is 1140. The monoisotopic (exact) mass is 487 g/mol. The highest BCUT2D eigenvalue weighted by atomic mass is 32.1. The second-order valence-corrected chi connectivity index (χ2v) is 7.75. The fourth-order valence-corrected chi connectivity index (χ4v) is 3.45. The number of halogens is 6. The zero-order valence-corrected chi connectivity index (χ0v) is 17.6. The Morgan fingerprint density at radius 3 is 2.03 bits per heavy atom. The molecule has 174 valence electrons. The fourth-order valence-electron chi connectivity index (χ4n) is 2.74. The van der Waals surface area contributed by atoms with Crippen LogP contribution in [0.5, 0.6) is 0 Å². The highest BCUT2D eigenvalue weighted by Gasteiger charge is 2.37. The molecule has 5 nitrogen and oxygen atoms in total. The van der Waals surface area contributed by atoms with E-state index in [0.29, 0.717) is 29.9 Å². The van der Waals surface area contributed by atoms with Crippen LogP contribution < -0.4 is 10.6 Å². The van der Waals surface area contributed by atoms with Crippen molar-refractivity contribution in [3.05, 3.63) is 70.1 Å². The van der Waals surface area contributed by atoms with Gasteiger partial charge in [0.05, 0.1) is 16.8 Å². The van der Waals surface area contributed by atoms with Crippen molar-refractivity contribution < 1.29 is 35.9 Å². The van der Waals surface area contributed by atoms with Crippen molar-refractivity contribution >= 4 is 28.3 Å². The molecular weight excluding hydrogens is 472 g/mol. The first-order chi connectivity index (χ1) is 15.3. The molecule has 0 atom stereocenters. The Balaban J connectivity index is 1.79. The van der Waals surface area contributed by atoms with E-state index < -0.39 is 35.0 Å². The maximum absolute atomic E-state index is 13.0. The molecule has 2 aromatic carbocycles. The number of benzene rings is 2. The number of carbonyl (C=O) groups excluding carboxylic acids is 2. The molecule has 3 rings (SSSR count). The third-order valence-electron chi connectivity index (χ3n) is 4.37. The van der Waals surface area contributed by atoms with Crippen molar-refractivity contribution in [2.24, 2.45) is 0 Å². The van der Waals surface area contributed by atoms with Gasteiger partial charge < -0.3 is 5.32 Å². The number of anilines is 1. The molecule has 3 aromatic rings. The number of hydrogen-bond donors (Lipinski definition) is 2. The van der Waals surface area contributed by atoms with Gasteiger partial charge in [-0.15, -0.1) is 11.3 Å². The molecule has 0 aliphatic carbocycles. The molecule has 0 aliphatic heterocycles. The number of nitrogens with one attached hydrogen (secondary N) is 2. The Morgan fingerprint density at radius 1 is 0.939 bits per heavy atom. The van der Waals surface area contributed by atoms with Gasteiger partial charge in [-0.05, 0) is 23.8 Å².